The summed E-state index contributed by atoms with van der Waals surface area (Å²) in [6, 6.07) is 13.2. The Morgan fingerprint density at radius 2 is 1.45 bits per heavy atom. The number of ether oxygens (including phenoxy) is 3. The zero-order valence-electron chi connectivity index (χ0n) is 18.8. The molecule has 2 rings (SSSR count). The smallest absolute Gasteiger partial charge is 0.321 e. The van der Waals surface area contributed by atoms with E-state index in [-0.39, 0.29) is 13.2 Å². The van der Waals surface area contributed by atoms with Gasteiger partial charge in [-0.2, -0.15) is 0 Å². The molecule has 7 heteroatoms. The van der Waals surface area contributed by atoms with E-state index in [0.29, 0.717) is 12.2 Å². The molecule has 0 unspecified atom stereocenters. The predicted molar refractivity (Wildman–Crippen MR) is 115 cm³/mol. The number of esters is 3. The van der Waals surface area contributed by atoms with Gasteiger partial charge in [0.15, 0.2) is 5.92 Å². The van der Waals surface area contributed by atoms with Crippen molar-refractivity contribution in [3.63, 3.8) is 0 Å². The maximum atomic E-state index is 13.3. The highest BCUT2D eigenvalue weighted by Gasteiger charge is 2.45. The van der Waals surface area contributed by atoms with Crippen LogP contribution in [0.25, 0.3) is 0 Å². The average molecular weight is 430 g/mol. The van der Waals surface area contributed by atoms with Crippen LogP contribution in [0.3, 0.4) is 0 Å². The molecule has 0 saturated heterocycles. The summed E-state index contributed by atoms with van der Waals surface area (Å²) in [5, 5.41) is 0. The van der Waals surface area contributed by atoms with E-state index in [0.717, 1.165) is 5.56 Å². The molecule has 1 aromatic heterocycles. The molecule has 2 aromatic rings. The summed E-state index contributed by atoms with van der Waals surface area (Å²) in [4.78, 5) is 38.9. The van der Waals surface area contributed by atoms with Crippen molar-refractivity contribution < 1.29 is 28.6 Å². The van der Waals surface area contributed by atoms with Crippen molar-refractivity contribution >= 4 is 17.9 Å². The Morgan fingerprint density at radius 1 is 0.871 bits per heavy atom. The summed E-state index contributed by atoms with van der Waals surface area (Å²) in [5.41, 5.74) is 0.677. The van der Waals surface area contributed by atoms with E-state index in [2.05, 4.69) is 0 Å². The van der Waals surface area contributed by atoms with Crippen molar-refractivity contribution in [2.45, 2.75) is 52.7 Å². The molecule has 0 radical (unpaired) electrons. The zero-order chi connectivity index (χ0) is 23.0. The fourth-order valence-electron chi connectivity index (χ4n) is 3.26. The monoisotopic (exact) mass is 429 g/mol. The van der Waals surface area contributed by atoms with E-state index < -0.39 is 35.3 Å². The Bertz CT molecular complexity index is 863. The van der Waals surface area contributed by atoms with Gasteiger partial charge in [-0.25, -0.2) is 0 Å². The van der Waals surface area contributed by atoms with Crippen LogP contribution in [0.5, 0.6) is 0 Å². The standard InChI is InChI=1S/C24H31NO6/c1-6-29-21(26)20(22(27)30-7-2)19(23(28)31-24(3,4)5)18-14-11-15-25(18)16-17-12-9-8-10-13-17/h8-15,19-20H,6-7,16H2,1-5H3/t19-/m0/s1. The van der Waals surface area contributed by atoms with Gasteiger partial charge in [-0.3, -0.25) is 14.4 Å². The minimum absolute atomic E-state index is 0.0702. The van der Waals surface area contributed by atoms with Gasteiger partial charge < -0.3 is 18.8 Å². The van der Waals surface area contributed by atoms with Crippen molar-refractivity contribution in [3.05, 3.63) is 59.9 Å². The molecule has 0 N–H and O–H groups in total. The molecule has 0 spiro atoms. The van der Waals surface area contributed by atoms with Crippen LogP contribution < -0.4 is 0 Å². The van der Waals surface area contributed by atoms with Crippen molar-refractivity contribution in [2.75, 3.05) is 13.2 Å². The Morgan fingerprint density at radius 3 is 1.97 bits per heavy atom. The average Bonchev–Trinajstić information content (AvgIpc) is 3.13. The maximum absolute atomic E-state index is 13.3. The second-order valence-electron chi connectivity index (χ2n) is 8.04. The lowest BCUT2D eigenvalue weighted by molar-refractivity contribution is -0.172. The van der Waals surface area contributed by atoms with Crippen LogP contribution >= 0.6 is 0 Å². The molecule has 1 aromatic carbocycles. The highest BCUT2D eigenvalue weighted by atomic mass is 16.6. The van der Waals surface area contributed by atoms with Crippen molar-refractivity contribution in [1.29, 1.82) is 0 Å². The van der Waals surface area contributed by atoms with E-state index in [1.807, 2.05) is 34.9 Å². The highest BCUT2D eigenvalue weighted by Crippen LogP contribution is 2.31. The minimum Gasteiger partial charge on any atom is -0.465 e. The SMILES string of the molecule is CCOC(=O)C(C(=O)OCC)[C@@H](C(=O)OC(C)(C)C)c1cccn1Cc1ccccc1. The normalized spacial score (nSPS) is 12.3. The summed E-state index contributed by atoms with van der Waals surface area (Å²) in [7, 11) is 0. The van der Waals surface area contributed by atoms with Gasteiger partial charge in [0.05, 0.1) is 13.2 Å². The fraction of sp³-hybridized carbons (Fsp3) is 0.458. The molecular formula is C24H31NO6. The summed E-state index contributed by atoms with van der Waals surface area (Å²) >= 11 is 0. The lowest BCUT2D eigenvalue weighted by atomic mass is 9.88. The van der Waals surface area contributed by atoms with E-state index in [9.17, 15) is 14.4 Å². The molecule has 0 aliphatic rings. The largest absolute Gasteiger partial charge is 0.465 e. The summed E-state index contributed by atoms with van der Waals surface area (Å²) in [5.74, 6) is -5.00. The number of hydrogen-bond donors (Lipinski definition) is 0. The van der Waals surface area contributed by atoms with Crippen molar-refractivity contribution in [3.8, 4) is 0 Å². The lowest BCUT2D eigenvalue weighted by Crippen LogP contribution is -2.40. The quantitative estimate of drug-likeness (QED) is 0.343. The van der Waals surface area contributed by atoms with Gasteiger partial charge in [0, 0.05) is 18.4 Å². The first kappa shape index (κ1) is 24.2. The second kappa shape index (κ2) is 10.8. The van der Waals surface area contributed by atoms with E-state index in [4.69, 9.17) is 14.2 Å². The first-order chi connectivity index (χ1) is 14.7. The van der Waals surface area contributed by atoms with E-state index in [1.165, 1.54) is 0 Å². The Kier molecular flexibility index (Phi) is 8.42. The van der Waals surface area contributed by atoms with Gasteiger partial charge in [-0.15, -0.1) is 0 Å². The molecule has 0 amide bonds. The topological polar surface area (TPSA) is 83.8 Å². The molecule has 0 aliphatic carbocycles. The van der Waals surface area contributed by atoms with E-state index in [1.54, 1.807) is 52.9 Å². The van der Waals surface area contributed by atoms with Crippen LogP contribution in [0.2, 0.25) is 0 Å². The number of aromatic nitrogens is 1. The molecule has 0 fully saturated rings. The van der Waals surface area contributed by atoms with Crippen molar-refractivity contribution in [1.82, 2.24) is 4.57 Å². The molecule has 1 heterocycles. The third-order valence-electron chi connectivity index (χ3n) is 4.45. The summed E-state index contributed by atoms with van der Waals surface area (Å²) in [6.07, 6.45) is 1.80. The molecular weight excluding hydrogens is 398 g/mol. The number of carbonyl (C=O) groups is 3. The number of rotatable bonds is 9. The Balaban J connectivity index is 2.54. The molecule has 7 nitrogen and oxygen atoms in total. The molecule has 31 heavy (non-hydrogen) atoms. The molecule has 168 valence electrons. The number of nitrogens with zero attached hydrogens (tertiary/aromatic N) is 1. The molecule has 0 saturated carbocycles. The van der Waals surface area contributed by atoms with Crippen LogP contribution in [0, 0.1) is 5.92 Å². The fourth-order valence-corrected chi connectivity index (χ4v) is 3.26. The van der Waals surface area contributed by atoms with E-state index >= 15 is 0 Å². The summed E-state index contributed by atoms with van der Waals surface area (Å²) in [6.45, 7) is 9.07. The van der Waals surface area contributed by atoms with Gasteiger partial charge in [0.2, 0.25) is 0 Å². The van der Waals surface area contributed by atoms with Crippen LogP contribution in [0.1, 0.15) is 51.8 Å². The van der Waals surface area contributed by atoms with Crippen molar-refractivity contribution in [2.24, 2.45) is 5.92 Å². The first-order valence-corrected chi connectivity index (χ1v) is 10.4. The third-order valence-corrected chi connectivity index (χ3v) is 4.45. The Hall–Kier alpha value is -3.09. The van der Waals surface area contributed by atoms with Gasteiger partial charge in [-0.1, -0.05) is 30.3 Å². The Labute approximate surface area is 183 Å². The minimum atomic E-state index is -1.47. The number of benzene rings is 1. The number of hydrogen-bond acceptors (Lipinski definition) is 6. The lowest BCUT2D eigenvalue weighted by Gasteiger charge is -2.28. The molecule has 0 aliphatic heterocycles. The molecule has 0 bridgehead atoms. The van der Waals surface area contributed by atoms with Crippen LogP contribution in [0.15, 0.2) is 48.7 Å². The first-order valence-electron chi connectivity index (χ1n) is 10.4. The molecule has 1 atom stereocenters. The summed E-state index contributed by atoms with van der Waals surface area (Å²) < 4.78 is 17.7. The zero-order valence-corrected chi connectivity index (χ0v) is 18.8. The second-order valence-corrected chi connectivity index (χ2v) is 8.04. The van der Waals surface area contributed by atoms with Crippen LogP contribution in [-0.4, -0.2) is 41.3 Å². The predicted octanol–water partition coefficient (Wildman–Crippen LogP) is 3.70. The van der Waals surface area contributed by atoms with Gasteiger partial charge in [0.25, 0.3) is 0 Å². The van der Waals surface area contributed by atoms with Crippen LogP contribution in [0.4, 0.5) is 0 Å². The number of carbonyl (C=O) groups excluding carboxylic acids is 3. The third kappa shape index (κ3) is 6.70. The maximum Gasteiger partial charge on any atom is 0.321 e. The van der Waals surface area contributed by atoms with Crippen LogP contribution in [-0.2, 0) is 35.1 Å². The van der Waals surface area contributed by atoms with Gasteiger partial charge in [0.1, 0.15) is 11.5 Å². The van der Waals surface area contributed by atoms with Gasteiger partial charge in [-0.05, 0) is 52.3 Å². The van der Waals surface area contributed by atoms with Gasteiger partial charge >= 0.3 is 17.9 Å². The highest BCUT2D eigenvalue weighted by molar-refractivity contribution is 6.01.